The second kappa shape index (κ2) is 6.83. The van der Waals surface area contributed by atoms with Crippen LogP contribution < -0.4 is 11.1 Å². The summed E-state index contributed by atoms with van der Waals surface area (Å²) in [5.41, 5.74) is 7.09. The van der Waals surface area contributed by atoms with E-state index in [0.717, 1.165) is 17.7 Å². The van der Waals surface area contributed by atoms with E-state index in [1.54, 1.807) is 0 Å². The maximum absolute atomic E-state index is 11.4. The van der Waals surface area contributed by atoms with Crippen LogP contribution in [-0.4, -0.2) is 18.2 Å². The number of nitrogens with two attached hydrogens (primary N) is 1. The van der Waals surface area contributed by atoms with E-state index in [9.17, 15) is 4.79 Å². The van der Waals surface area contributed by atoms with Gasteiger partial charge >= 0.3 is 6.09 Å². The lowest BCUT2D eigenvalue weighted by Gasteiger charge is -2.19. The highest BCUT2D eigenvalue weighted by atomic mass is 16.6. The van der Waals surface area contributed by atoms with Gasteiger partial charge in [0.25, 0.3) is 0 Å². The Labute approximate surface area is 114 Å². The Morgan fingerprint density at radius 3 is 2.68 bits per heavy atom. The molecule has 0 heterocycles. The molecule has 0 aliphatic heterocycles. The van der Waals surface area contributed by atoms with Crippen molar-refractivity contribution in [2.75, 3.05) is 12.3 Å². The normalized spacial score (nSPS) is 11.5. The molecule has 1 amide bonds. The maximum Gasteiger partial charge on any atom is 0.407 e. The van der Waals surface area contributed by atoms with Crippen LogP contribution in [0.5, 0.6) is 0 Å². The molecule has 1 aromatic carbocycles. The maximum atomic E-state index is 11.4. The Bertz CT molecular complexity index is 448. The zero-order valence-corrected chi connectivity index (χ0v) is 11.8. The molecule has 19 heavy (non-hydrogen) atoms. The van der Waals surface area contributed by atoms with E-state index in [1.807, 2.05) is 57.2 Å². The van der Waals surface area contributed by atoms with Crippen molar-refractivity contribution in [1.29, 1.82) is 0 Å². The van der Waals surface area contributed by atoms with Crippen LogP contribution in [0.15, 0.2) is 30.3 Å². The SMILES string of the molecule is CC(C)(C)OC(=O)NCCC=Cc1ccccc1N. The number of carbonyl (C=O) groups is 1. The van der Waals surface area contributed by atoms with E-state index in [1.165, 1.54) is 0 Å². The highest BCUT2D eigenvalue weighted by Crippen LogP contribution is 2.12. The number of nitrogen functional groups attached to an aromatic ring is 1. The highest BCUT2D eigenvalue weighted by molar-refractivity contribution is 5.67. The molecule has 1 aromatic rings. The molecule has 0 saturated heterocycles. The van der Waals surface area contributed by atoms with Crippen molar-refractivity contribution in [2.24, 2.45) is 0 Å². The quantitative estimate of drug-likeness (QED) is 0.647. The smallest absolute Gasteiger partial charge is 0.407 e. The summed E-state index contributed by atoms with van der Waals surface area (Å²) >= 11 is 0. The number of nitrogens with one attached hydrogen (secondary N) is 1. The first-order valence-corrected chi connectivity index (χ1v) is 6.36. The minimum Gasteiger partial charge on any atom is -0.444 e. The Kier molecular flexibility index (Phi) is 5.42. The first-order valence-electron chi connectivity index (χ1n) is 6.36. The average Bonchev–Trinajstić information content (AvgIpc) is 2.28. The number of alkyl carbamates (subject to hydrolysis) is 1. The van der Waals surface area contributed by atoms with Crippen molar-refractivity contribution < 1.29 is 9.53 Å². The second-order valence-corrected chi connectivity index (χ2v) is 5.25. The zero-order valence-electron chi connectivity index (χ0n) is 11.8. The molecule has 0 fully saturated rings. The van der Waals surface area contributed by atoms with Gasteiger partial charge in [0.05, 0.1) is 0 Å². The molecule has 0 aliphatic carbocycles. The van der Waals surface area contributed by atoms with Crippen molar-refractivity contribution in [3.05, 3.63) is 35.9 Å². The predicted molar refractivity (Wildman–Crippen MR) is 78.7 cm³/mol. The summed E-state index contributed by atoms with van der Waals surface area (Å²) in [6, 6.07) is 7.65. The van der Waals surface area contributed by atoms with Crippen LogP contribution in [0.4, 0.5) is 10.5 Å². The largest absolute Gasteiger partial charge is 0.444 e. The van der Waals surface area contributed by atoms with Crippen LogP contribution in [0.3, 0.4) is 0 Å². The van der Waals surface area contributed by atoms with Gasteiger partial charge in [-0.2, -0.15) is 0 Å². The van der Waals surface area contributed by atoms with Crippen LogP contribution in [0, 0.1) is 0 Å². The first-order chi connectivity index (χ1) is 8.88. The summed E-state index contributed by atoms with van der Waals surface area (Å²) in [5, 5.41) is 2.70. The molecule has 3 N–H and O–H groups in total. The lowest BCUT2D eigenvalue weighted by molar-refractivity contribution is 0.0529. The predicted octanol–water partition coefficient (Wildman–Crippen LogP) is 3.20. The molecule has 0 radical (unpaired) electrons. The molecule has 0 aliphatic rings. The number of para-hydroxylation sites is 1. The third kappa shape index (κ3) is 6.50. The number of hydrogen-bond donors (Lipinski definition) is 2. The number of ether oxygens (including phenoxy) is 1. The van der Waals surface area contributed by atoms with E-state index in [-0.39, 0.29) is 6.09 Å². The van der Waals surface area contributed by atoms with Crippen LogP contribution in [0.2, 0.25) is 0 Å². The number of benzene rings is 1. The van der Waals surface area contributed by atoms with Gasteiger partial charge in [-0.05, 0) is 38.8 Å². The summed E-state index contributed by atoms with van der Waals surface area (Å²) in [7, 11) is 0. The highest BCUT2D eigenvalue weighted by Gasteiger charge is 2.15. The number of rotatable bonds is 4. The first kappa shape index (κ1) is 15.1. The molecule has 104 valence electrons. The Morgan fingerprint density at radius 1 is 1.37 bits per heavy atom. The van der Waals surface area contributed by atoms with Gasteiger partial charge in [0.1, 0.15) is 5.60 Å². The molecule has 4 heteroatoms. The van der Waals surface area contributed by atoms with Gasteiger partial charge in [-0.3, -0.25) is 0 Å². The van der Waals surface area contributed by atoms with Gasteiger partial charge in [0, 0.05) is 12.2 Å². The summed E-state index contributed by atoms with van der Waals surface area (Å²) < 4.78 is 5.13. The fourth-order valence-corrected chi connectivity index (χ4v) is 1.44. The lowest BCUT2D eigenvalue weighted by Crippen LogP contribution is -2.32. The van der Waals surface area contributed by atoms with E-state index < -0.39 is 5.60 Å². The molecule has 0 bridgehead atoms. The fourth-order valence-electron chi connectivity index (χ4n) is 1.44. The third-order valence-electron chi connectivity index (χ3n) is 2.27. The summed E-state index contributed by atoms with van der Waals surface area (Å²) in [4.78, 5) is 11.4. The van der Waals surface area contributed by atoms with Crippen molar-refractivity contribution >= 4 is 17.9 Å². The van der Waals surface area contributed by atoms with Crippen molar-refractivity contribution in [3.63, 3.8) is 0 Å². The van der Waals surface area contributed by atoms with Gasteiger partial charge in [0.2, 0.25) is 0 Å². The van der Waals surface area contributed by atoms with Crippen LogP contribution >= 0.6 is 0 Å². The zero-order chi connectivity index (χ0) is 14.3. The monoisotopic (exact) mass is 262 g/mol. The third-order valence-corrected chi connectivity index (χ3v) is 2.27. The lowest BCUT2D eigenvalue weighted by atomic mass is 10.1. The number of hydrogen-bond acceptors (Lipinski definition) is 3. The van der Waals surface area contributed by atoms with Gasteiger partial charge < -0.3 is 15.8 Å². The molecule has 4 nitrogen and oxygen atoms in total. The molecule has 0 spiro atoms. The number of carbonyl (C=O) groups excluding carboxylic acids is 1. The fraction of sp³-hybridized carbons (Fsp3) is 0.400. The summed E-state index contributed by atoms with van der Waals surface area (Å²) in [5.74, 6) is 0. The Hall–Kier alpha value is -1.97. The average molecular weight is 262 g/mol. The minimum atomic E-state index is -0.460. The van der Waals surface area contributed by atoms with E-state index >= 15 is 0 Å². The summed E-state index contributed by atoms with van der Waals surface area (Å²) in [6.45, 7) is 6.05. The molecule has 0 atom stereocenters. The van der Waals surface area contributed by atoms with Crippen molar-refractivity contribution in [2.45, 2.75) is 32.8 Å². The van der Waals surface area contributed by atoms with Crippen molar-refractivity contribution in [3.8, 4) is 0 Å². The van der Waals surface area contributed by atoms with Crippen LogP contribution in [0.1, 0.15) is 32.8 Å². The van der Waals surface area contributed by atoms with E-state index in [4.69, 9.17) is 10.5 Å². The molecule has 0 saturated carbocycles. The molecular weight excluding hydrogens is 240 g/mol. The Balaban J connectivity index is 2.28. The topological polar surface area (TPSA) is 64.3 Å². The van der Waals surface area contributed by atoms with Gasteiger partial charge in [0.15, 0.2) is 0 Å². The standard InChI is InChI=1S/C15H22N2O2/c1-15(2,3)19-14(18)17-11-7-6-9-12-8-4-5-10-13(12)16/h4-6,8-10H,7,11,16H2,1-3H3,(H,17,18). The molecule has 0 aromatic heterocycles. The molecule has 0 unspecified atom stereocenters. The van der Waals surface area contributed by atoms with Crippen LogP contribution in [0.25, 0.3) is 6.08 Å². The van der Waals surface area contributed by atoms with Gasteiger partial charge in [-0.25, -0.2) is 4.79 Å². The summed E-state index contributed by atoms with van der Waals surface area (Å²) in [6.07, 6.45) is 4.27. The number of anilines is 1. The van der Waals surface area contributed by atoms with Crippen LogP contribution in [-0.2, 0) is 4.74 Å². The van der Waals surface area contributed by atoms with Gasteiger partial charge in [-0.15, -0.1) is 0 Å². The second-order valence-electron chi connectivity index (χ2n) is 5.25. The number of amides is 1. The van der Waals surface area contributed by atoms with E-state index in [2.05, 4.69) is 5.32 Å². The molecular formula is C15H22N2O2. The van der Waals surface area contributed by atoms with Gasteiger partial charge in [-0.1, -0.05) is 30.4 Å². The minimum absolute atomic E-state index is 0.389. The van der Waals surface area contributed by atoms with Crippen molar-refractivity contribution in [1.82, 2.24) is 5.32 Å². The molecule has 1 rings (SSSR count). The van der Waals surface area contributed by atoms with E-state index in [0.29, 0.717) is 6.54 Å². The Morgan fingerprint density at radius 2 is 2.05 bits per heavy atom.